The number of rotatable bonds is 11. The normalized spacial score (nSPS) is 15.5. The quantitative estimate of drug-likeness (QED) is 0.292. The molecular formula is C27H28F4N4O6S. The van der Waals surface area contributed by atoms with Gasteiger partial charge in [0.15, 0.2) is 0 Å². The number of ether oxygens (including phenoxy) is 2. The van der Waals surface area contributed by atoms with E-state index in [1.807, 2.05) is 11.0 Å². The van der Waals surface area contributed by atoms with Crippen LogP contribution in [0.1, 0.15) is 30.4 Å². The van der Waals surface area contributed by atoms with Crippen molar-refractivity contribution in [1.29, 1.82) is 5.26 Å². The molecule has 1 fully saturated rings. The number of halogens is 4. The van der Waals surface area contributed by atoms with E-state index in [0.29, 0.717) is 48.6 Å². The lowest BCUT2D eigenvalue weighted by Crippen LogP contribution is -2.50. The first-order chi connectivity index (χ1) is 19.8. The smallest absolute Gasteiger partial charge is 0.496 e. The number of hydrogen-bond donors (Lipinski definition) is 2. The predicted octanol–water partition coefficient (Wildman–Crippen LogP) is 3.10. The van der Waals surface area contributed by atoms with Crippen molar-refractivity contribution < 1.29 is 45.0 Å². The fourth-order valence-electron chi connectivity index (χ4n) is 4.21. The van der Waals surface area contributed by atoms with Crippen molar-refractivity contribution in [2.24, 2.45) is 0 Å². The van der Waals surface area contributed by atoms with Gasteiger partial charge in [0.05, 0.1) is 24.8 Å². The summed E-state index contributed by atoms with van der Waals surface area (Å²) in [4.78, 5) is 26.9. The number of carbonyl (C=O) groups is 2. The molecule has 2 amide bonds. The van der Waals surface area contributed by atoms with E-state index in [4.69, 9.17) is 14.7 Å². The summed E-state index contributed by atoms with van der Waals surface area (Å²) in [7, 11) is -4.53. The minimum absolute atomic E-state index is 0.0234. The average Bonchev–Trinajstić information content (AvgIpc) is 2.93. The van der Waals surface area contributed by atoms with Crippen LogP contribution in [0.2, 0.25) is 0 Å². The molecule has 2 aromatic rings. The zero-order valence-corrected chi connectivity index (χ0v) is 23.2. The van der Waals surface area contributed by atoms with Gasteiger partial charge in [0.1, 0.15) is 23.4 Å². The minimum atomic E-state index is -5.92. The Morgan fingerprint density at radius 3 is 2.43 bits per heavy atom. The molecule has 0 bridgehead atoms. The summed E-state index contributed by atoms with van der Waals surface area (Å²) in [5, 5.41) is 11.7. The molecule has 0 aromatic heterocycles. The number of sulfonamides is 1. The molecule has 2 N–H and O–H groups in total. The van der Waals surface area contributed by atoms with Crippen LogP contribution in [0.4, 0.5) is 17.6 Å². The number of hydrogen-bond acceptors (Lipinski definition) is 8. The van der Waals surface area contributed by atoms with Gasteiger partial charge < -0.3 is 19.7 Å². The third-order valence-corrected chi connectivity index (χ3v) is 7.34. The third kappa shape index (κ3) is 9.45. The highest BCUT2D eigenvalue weighted by molar-refractivity contribution is 7.90. The molecule has 2 aromatic carbocycles. The van der Waals surface area contributed by atoms with Crippen LogP contribution in [0.15, 0.2) is 48.5 Å². The molecule has 15 heteroatoms. The van der Waals surface area contributed by atoms with E-state index in [0.717, 1.165) is 10.8 Å². The summed E-state index contributed by atoms with van der Waals surface area (Å²) < 4.78 is 86.2. The van der Waals surface area contributed by atoms with Gasteiger partial charge in [0, 0.05) is 37.7 Å². The molecule has 1 heterocycles. The maximum Gasteiger partial charge on any atom is 0.516 e. The molecular weight excluding hydrogens is 584 g/mol. The van der Waals surface area contributed by atoms with E-state index in [1.54, 1.807) is 0 Å². The van der Waals surface area contributed by atoms with Crippen molar-refractivity contribution in [3.63, 3.8) is 0 Å². The minimum Gasteiger partial charge on any atom is -0.496 e. The molecule has 3 rings (SSSR count). The van der Waals surface area contributed by atoms with Gasteiger partial charge in [-0.05, 0) is 61.4 Å². The zero-order valence-electron chi connectivity index (χ0n) is 22.4. The van der Waals surface area contributed by atoms with Crippen LogP contribution in [0.5, 0.6) is 11.5 Å². The number of piperidine rings is 1. The van der Waals surface area contributed by atoms with Gasteiger partial charge >= 0.3 is 15.5 Å². The van der Waals surface area contributed by atoms with Crippen LogP contribution >= 0.6 is 0 Å². The van der Waals surface area contributed by atoms with Crippen LogP contribution in [0, 0.1) is 17.1 Å². The monoisotopic (exact) mass is 612 g/mol. The predicted molar refractivity (Wildman–Crippen MR) is 143 cm³/mol. The van der Waals surface area contributed by atoms with Crippen molar-refractivity contribution in [3.05, 3.63) is 65.5 Å². The maximum atomic E-state index is 13.1. The molecule has 0 radical (unpaired) electrons. The molecule has 1 aliphatic heterocycles. The Morgan fingerprint density at radius 2 is 1.83 bits per heavy atom. The second kappa shape index (κ2) is 14.1. The van der Waals surface area contributed by atoms with Crippen LogP contribution in [0.3, 0.4) is 0 Å². The van der Waals surface area contributed by atoms with E-state index in [9.17, 15) is 35.6 Å². The highest BCUT2D eigenvalue weighted by Gasteiger charge is 2.47. The molecule has 0 unspecified atom stereocenters. The molecule has 1 atom stereocenters. The number of nitrogens with one attached hydrogen (secondary N) is 2. The second-order valence-corrected chi connectivity index (χ2v) is 11.0. The summed E-state index contributed by atoms with van der Waals surface area (Å²) in [6, 6.07) is 11.0. The van der Waals surface area contributed by atoms with Crippen molar-refractivity contribution in [2.75, 3.05) is 26.7 Å². The number of nitriles is 1. The highest BCUT2D eigenvalue weighted by atomic mass is 32.2. The summed E-state index contributed by atoms with van der Waals surface area (Å²) in [6.07, 6.45) is 2.57. The van der Waals surface area contributed by atoms with Crippen molar-refractivity contribution in [3.8, 4) is 17.6 Å². The van der Waals surface area contributed by atoms with Gasteiger partial charge in [0.25, 0.3) is 0 Å². The van der Waals surface area contributed by atoms with Crippen molar-refractivity contribution in [1.82, 2.24) is 14.9 Å². The number of nitrogens with zero attached hydrogens (tertiary/aromatic N) is 2. The molecule has 10 nitrogen and oxygen atoms in total. The largest absolute Gasteiger partial charge is 0.516 e. The lowest BCUT2D eigenvalue weighted by atomic mass is 10.1. The third-order valence-electron chi connectivity index (χ3n) is 6.23. The molecule has 0 aliphatic carbocycles. The summed E-state index contributed by atoms with van der Waals surface area (Å²) >= 11 is 0. The Balaban J connectivity index is 1.67. The van der Waals surface area contributed by atoms with Gasteiger partial charge in [-0.25, -0.2) is 9.11 Å². The number of amides is 2. The van der Waals surface area contributed by atoms with E-state index in [-0.39, 0.29) is 12.6 Å². The van der Waals surface area contributed by atoms with Gasteiger partial charge in [-0.15, -0.1) is 0 Å². The van der Waals surface area contributed by atoms with Crippen LogP contribution in [0.25, 0.3) is 6.08 Å². The molecule has 0 spiro atoms. The Labute approximate surface area is 239 Å². The number of carbonyl (C=O) groups excluding carboxylic acids is 2. The van der Waals surface area contributed by atoms with E-state index < -0.39 is 45.6 Å². The SMILES string of the molecule is COc1ccc(C#N)cc1/C=C/C(=O)N[C@H](CC(=O)NS(=O)(=O)C(F)(F)F)CN1CCC(Oc2ccc(F)cc2)CC1. The highest BCUT2D eigenvalue weighted by Crippen LogP contribution is 2.23. The number of methoxy groups -OCH3 is 1. The first kappa shape index (κ1) is 32.4. The summed E-state index contributed by atoms with van der Waals surface area (Å²) in [5.74, 6) is -1.70. The average molecular weight is 613 g/mol. The fraction of sp³-hybridized carbons (Fsp3) is 0.370. The Hall–Kier alpha value is -4.16. The topological polar surface area (TPSA) is 138 Å². The Morgan fingerprint density at radius 1 is 1.17 bits per heavy atom. The maximum absolute atomic E-state index is 13.1. The van der Waals surface area contributed by atoms with Crippen LogP contribution in [-0.4, -0.2) is 69.5 Å². The zero-order chi connectivity index (χ0) is 30.9. The van der Waals surface area contributed by atoms with Gasteiger partial charge in [-0.1, -0.05) is 0 Å². The fourth-order valence-corrected chi connectivity index (χ4v) is 4.71. The Kier molecular flexibility index (Phi) is 10.9. The van der Waals surface area contributed by atoms with E-state index >= 15 is 0 Å². The lowest BCUT2D eigenvalue weighted by Gasteiger charge is -2.34. The first-order valence-electron chi connectivity index (χ1n) is 12.6. The second-order valence-electron chi connectivity index (χ2n) is 9.36. The van der Waals surface area contributed by atoms with Gasteiger partial charge in [0.2, 0.25) is 11.8 Å². The van der Waals surface area contributed by atoms with E-state index in [1.165, 1.54) is 55.7 Å². The number of likely N-dealkylation sites (tertiary alicyclic amines) is 1. The molecule has 1 saturated heterocycles. The number of alkyl halides is 3. The van der Waals surface area contributed by atoms with E-state index in [2.05, 4.69) is 5.32 Å². The number of benzene rings is 2. The summed E-state index contributed by atoms with van der Waals surface area (Å²) in [6.45, 7) is 0.902. The first-order valence-corrected chi connectivity index (χ1v) is 14.1. The van der Waals surface area contributed by atoms with Crippen LogP contribution in [-0.2, 0) is 19.6 Å². The van der Waals surface area contributed by atoms with Crippen molar-refractivity contribution in [2.45, 2.75) is 36.9 Å². The summed E-state index contributed by atoms with van der Waals surface area (Å²) in [5.41, 5.74) is -4.98. The molecule has 1 aliphatic rings. The Bertz CT molecular complexity index is 1430. The molecule has 0 saturated carbocycles. The molecule has 42 heavy (non-hydrogen) atoms. The standard InChI is InChI=1S/C27H28F4N4O6S/c1-40-24-8-2-18(16-32)14-19(24)3-9-25(36)33-21(15-26(37)34-42(38,39)27(29,30)31)17-35-12-10-23(11-13-35)41-22-6-4-20(28)5-7-22/h2-9,14,21,23H,10-13,15,17H2,1H3,(H,33,36)(H,34,37)/b9-3+/t21-/m1/s1. The van der Waals surface area contributed by atoms with Gasteiger partial charge in [-0.2, -0.15) is 26.9 Å². The van der Waals surface area contributed by atoms with Gasteiger partial charge in [-0.3, -0.25) is 9.59 Å². The lowest BCUT2D eigenvalue weighted by molar-refractivity contribution is -0.121. The molecule has 226 valence electrons. The van der Waals surface area contributed by atoms with Crippen molar-refractivity contribution >= 4 is 27.9 Å². The van der Waals surface area contributed by atoms with Crippen LogP contribution < -0.4 is 19.5 Å².